The van der Waals surface area contributed by atoms with Gasteiger partial charge in [-0.1, -0.05) is 0 Å². The first kappa shape index (κ1) is 22.8. The number of amides is 1. The summed E-state index contributed by atoms with van der Waals surface area (Å²) in [6.07, 6.45) is -3.42. The number of anilines is 1. The van der Waals surface area contributed by atoms with Crippen molar-refractivity contribution in [1.29, 1.82) is 0 Å². The Hall–Kier alpha value is -4.41. The van der Waals surface area contributed by atoms with Crippen molar-refractivity contribution >= 4 is 11.6 Å². The summed E-state index contributed by atoms with van der Waals surface area (Å²) in [5.41, 5.74) is 2.43. The molecule has 0 spiro atoms. The summed E-state index contributed by atoms with van der Waals surface area (Å²) in [6, 6.07) is 14.7. The van der Waals surface area contributed by atoms with Crippen LogP contribution in [-0.4, -0.2) is 32.0 Å². The van der Waals surface area contributed by atoms with Gasteiger partial charge in [0.1, 0.15) is 17.8 Å². The van der Waals surface area contributed by atoms with Crippen LogP contribution in [0.5, 0.6) is 17.4 Å². The van der Waals surface area contributed by atoms with Crippen LogP contribution >= 0.6 is 0 Å². The second kappa shape index (κ2) is 9.22. The number of benzene rings is 2. The van der Waals surface area contributed by atoms with E-state index in [1.807, 2.05) is 19.9 Å². The minimum absolute atomic E-state index is 0.174. The van der Waals surface area contributed by atoms with Crippen LogP contribution in [0.1, 0.15) is 21.7 Å². The third-order valence-electron chi connectivity index (χ3n) is 4.54. The van der Waals surface area contributed by atoms with Crippen LogP contribution in [0.4, 0.5) is 18.9 Å². The van der Waals surface area contributed by atoms with E-state index in [-0.39, 0.29) is 5.56 Å². The highest BCUT2D eigenvalue weighted by molar-refractivity contribution is 6.04. The minimum atomic E-state index is -4.79. The lowest BCUT2D eigenvalue weighted by molar-refractivity contribution is -0.274. The Morgan fingerprint density at radius 3 is 2.24 bits per heavy atom. The molecule has 8 nitrogen and oxygen atoms in total. The number of halogens is 3. The van der Waals surface area contributed by atoms with Crippen molar-refractivity contribution < 1.29 is 27.4 Å². The third-order valence-corrected chi connectivity index (χ3v) is 4.54. The predicted octanol–water partition coefficient (Wildman–Crippen LogP) is 5.22. The number of aryl methyl sites for hydroxylation is 2. The van der Waals surface area contributed by atoms with Crippen molar-refractivity contribution in [1.82, 2.24) is 19.7 Å². The quantitative estimate of drug-likeness (QED) is 0.416. The van der Waals surface area contributed by atoms with Crippen molar-refractivity contribution in [3.05, 3.63) is 83.9 Å². The Balaban J connectivity index is 1.39. The number of carbonyl (C=O) groups is 1. The van der Waals surface area contributed by atoms with Gasteiger partial charge in [0.25, 0.3) is 5.91 Å². The first-order valence-electron chi connectivity index (χ1n) is 9.97. The molecule has 0 saturated heterocycles. The van der Waals surface area contributed by atoms with E-state index < -0.39 is 18.0 Å². The van der Waals surface area contributed by atoms with Crippen molar-refractivity contribution in [3.8, 4) is 23.2 Å². The molecule has 4 aromatic rings. The summed E-state index contributed by atoms with van der Waals surface area (Å²) in [4.78, 5) is 20.7. The number of carbonyl (C=O) groups excluding carboxylic acids is 1. The molecule has 2 aromatic carbocycles. The highest BCUT2D eigenvalue weighted by Gasteiger charge is 2.31. The Bertz CT molecular complexity index is 1300. The molecule has 174 valence electrons. The summed E-state index contributed by atoms with van der Waals surface area (Å²) in [7, 11) is 0. The fourth-order valence-electron chi connectivity index (χ4n) is 3.10. The number of rotatable bonds is 6. The van der Waals surface area contributed by atoms with E-state index in [9.17, 15) is 18.0 Å². The zero-order valence-electron chi connectivity index (χ0n) is 18.0. The maximum Gasteiger partial charge on any atom is 0.573 e. The Kier molecular flexibility index (Phi) is 6.17. The van der Waals surface area contributed by atoms with Gasteiger partial charge in [0.05, 0.1) is 5.69 Å². The minimum Gasteiger partial charge on any atom is -0.439 e. The van der Waals surface area contributed by atoms with E-state index in [0.717, 1.165) is 23.5 Å². The lowest BCUT2D eigenvalue weighted by atomic mass is 10.2. The van der Waals surface area contributed by atoms with E-state index in [4.69, 9.17) is 4.74 Å². The summed E-state index contributed by atoms with van der Waals surface area (Å²) >= 11 is 0. The molecule has 0 aliphatic heterocycles. The van der Waals surface area contributed by atoms with E-state index >= 15 is 0 Å². The summed E-state index contributed by atoms with van der Waals surface area (Å²) in [5, 5.41) is 7.05. The summed E-state index contributed by atoms with van der Waals surface area (Å²) < 4.78 is 48.0. The fourth-order valence-corrected chi connectivity index (χ4v) is 3.10. The highest BCUT2D eigenvalue weighted by atomic mass is 19.4. The molecular weight excluding hydrogens is 451 g/mol. The average molecular weight is 469 g/mol. The van der Waals surface area contributed by atoms with Crippen LogP contribution in [-0.2, 0) is 0 Å². The van der Waals surface area contributed by atoms with Crippen molar-refractivity contribution in [2.45, 2.75) is 20.2 Å². The van der Waals surface area contributed by atoms with Crippen LogP contribution < -0.4 is 14.8 Å². The van der Waals surface area contributed by atoms with E-state index in [2.05, 4.69) is 25.1 Å². The molecule has 2 heterocycles. The number of hydrogen-bond acceptors (Lipinski definition) is 6. The number of nitrogens with one attached hydrogen (secondary N) is 1. The third kappa shape index (κ3) is 5.68. The largest absolute Gasteiger partial charge is 0.573 e. The molecule has 0 aliphatic rings. The SMILES string of the molecule is Cc1cc(C)n(-c2cc(Oc3ccc(NC(=O)c4ccc(OC(F)(F)F)cc4)cc3)ncn2)n1. The Labute approximate surface area is 192 Å². The van der Waals surface area contributed by atoms with Crippen molar-refractivity contribution in [3.63, 3.8) is 0 Å². The van der Waals surface area contributed by atoms with Crippen molar-refractivity contribution in [2.24, 2.45) is 0 Å². The van der Waals surface area contributed by atoms with Crippen LogP contribution in [0.3, 0.4) is 0 Å². The Morgan fingerprint density at radius 2 is 1.62 bits per heavy atom. The first-order valence-corrected chi connectivity index (χ1v) is 9.97. The van der Waals surface area contributed by atoms with Gasteiger partial charge in [0, 0.05) is 23.0 Å². The first-order chi connectivity index (χ1) is 16.2. The molecule has 0 saturated carbocycles. The molecule has 0 radical (unpaired) electrons. The second-order valence-corrected chi connectivity index (χ2v) is 7.21. The summed E-state index contributed by atoms with van der Waals surface area (Å²) in [6.45, 7) is 3.81. The normalized spacial score (nSPS) is 11.2. The maximum absolute atomic E-state index is 12.4. The lowest BCUT2D eigenvalue weighted by Gasteiger charge is -2.10. The van der Waals surface area contributed by atoms with Gasteiger partial charge in [0.15, 0.2) is 5.82 Å². The molecular formula is C23H18F3N5O3. The van der Waals surface area contributed by atoms with E-state index in [0.29, 0.717) is 23.1 Å². The van der Waals surface area contributed by atoms with E-state index in [1.54, 1.807) is 35.0 Å². The molecule has 11 heteroatoms. The number of alkyl halides is 3. The van der Waals surface area contributed by atoms with E-state index in [1.165, 1.54) is 18.5 Å². The van der Waals surface area contributed by atoms with Gasteiger partial charge in [-0.25, -0.2) is 14.6 Å². The average Bonchev–Trinajstić information content (AvgIpc) is 3.12. The molecule has 4 rings (SSSR count). The monoisotopic (exact) mass is 469 g/mol. The van der Waals surface area contributed by atoms with Gasteiger partial charge < -0.3 is 14.8 Å². The number of aromatic nitrogens is 4. The smallest absolute Gasteiger partial charge is 0.439 e. The van der Waals surface area contributed by atoms with Gasteiger partial charge in [-0.2, -0.15) is 5.10 Å². The number of hydrogen-bond donors (Lipinski definition) is 1. The van der Waals surface area contributed by atoms with Crippen LogP contribution in [0.2, 0.25) is 0 Å². The summed E-state index contributed by atoms with van der Waals surface area (Å²) in [5.74, 6) is 0.458. The molecule has 2 aromatic heterocycles. The molecule has 0 unspecified atom stereocenters. The van der Waals surface area contributed by atoms with Gasteiger partial charge >= 0.3 is 6.36 Å². The molecule has 0 atom stereocenters. The maximum atomic E-state index is 12.4. The van der Waals surface area contributed by atoms with Crippen LogP contribution in [0, 0.1) is 13.8 Å². The number of ether oxygens (including phenoxy) is 2. The predicted molar refractivity (Wildman–Crippen MR) is 116 cm³/mol. The lowest BCUT2D eigenvalue weighted by Crippen LogP contribution is -2.17. The zero-order chi connectivity index (χ0) is 24.3. The molecule has 0 aliphatic carbocycles. The standard InChI is InChI=1S/C23H18F3N5O3/c1-14-11-15(2)31(30-14)20-12-21(28-13-27-20)33-18-9-5-17(6-10-18)29-22(32)16-3-7-19(8-4-16)34-23(24,25)26/h3-13H,1-2H3,(H,29,32). The van der Waals surface area contributed by atoms with Gasteiger partial charge in [0.2, 0.25) is 5.88 Å². The molecule has 34 heavy (non-hydrogen) atoms. The molecule has 0 bridgehead atoms. The zero-order valence-corrected chi connectivity index (χ0v) is 18.0. The molecule has 1 N–H and O–H groups in total. The molecule has 0 fully saturated rings. The van der Waals surface area contributed by atoms with Crippen molar-refractivity contribution in [2.75, 3.05) is 5.32 Å². The molecule has 1 amide bonds. The highest BCUT2D eigenvalue weighted by Crippen LogP contribution is 2.25. The Morgan fingerprint density at radius 1 is 0.941 bits per heavy atom. The fraction of sp³-hybridized carbons (Fsp3) is 0.130. The van der Waals surface area contributed by atoms with Gasteiger partial charge in [-0.15, -0.1) is 13.2 Å². The second-order valence-electron chi connectivity index (χ2n) is 7.21. The van der Waals surface area contributed by atoms with Crippen LogP contribution in [0.15, 0.2) is 67.0 Å². The van der Waals surface area contributed by atoms with Gasteiger partial charge in [-0.3, -0.25) is 4.79 Å². The topological polar surface area (TPSA) is 91.2 Å². The van der Waals surface area contributed by atoms with Gasteiger partial charge in [-0.05, 0) is 68.4 Å². The number of nitrogens with zero attached hydrogens (tertiary/aromatic N) is 4. The van der Waals surface area contributed by atoms with Crippen LogP contribution in [0.25, 0.3) is 5.82 Å².